The van der Waals surface area contributed by atoms with E-state index in [9.17, 15) is 9.18 Å². The topological polar surface area (TPSA) is 52.3 Å². The molecule has 2 aromatic rings. The number of anilines is 1. The lowest BCUT2D eigenvalue weighted by atomic mass is 10.1. The third-order valence-corrected chi connectivity index (χ3v) is 2.81. The van der Waals surface area contributed by atoms with Crippen LogP contribution in [0.1, 0.15) is 27.0 Å². The Kier molecular flexibility index (Phi) is 4.03. The number of hydrogen-bond donors (Lipinski definition) is 1. The lowest BCUT2D eigenvalue weighted by Crippen LogP contribution is -2.06. The molecule has 0 aliphatic rings. The molecule has 0 amide bonds. The molecule has 0 heterocycles. The van der Waals surface area contributed by atoms with Gasteiger partial charge in [0.1, 0.15) is 12.4 Å². The number of aryl methyl sites for hydroxylation is 2. The van der Waals surface area contributed by atoms with E-state index in [1.54, 1.807) is 0 Å². The minimum atomic E-state index is -0.588. The van der Waals surface area contributed by atoms with Gasteiger partial charge in [-0.1, -0.05) is 29.3 Å². The smallest absolute Gasteiger partial charge is 0.338 e. The Bertz CT molecular complexity index is 612. The van der Waals surface area contributed by atoms with Gasteiger partial charge >= 0.3 is 5.97 Å². The second kappa shape index (κ2) is 5.74. The Labute approximate surface area is 117 Å². The maximum atomic E-state index is 13.2. The molecular weight excluding hydrogens is 257 g/mol. The van der Waals surface area contributed by atoms with Crippen LogP contribution in [0.25, 0.3) is 0 Å². The monoisotopic (exact) mass is 273 g/mol. The zero-order valence-corrected chi connectivity index (χ0v) is 11.4. The number of benzene rings is 2. The van der Waals surface area contributed by atoms with Crippen molar-refractivity contribution in [3.63, 3.8) is 0 Å². The van der Waals surface area contributed by atoms with E-state index in [1.165, 1.54) is 6.07 Å². The minimum absolute atomic E-state index is 0.117. The summed E-state index contributed by atoms with van der Waals surface area (Å²) in [4.78, 5) is 11.8. The molecule has 2 aromatic carbocycles. The van der Waals surface area contributed by atoms with Crippen LogP contribution in [0.5, 0.6) is 0 Å². The summed E-state index contributed by atoms with van der Waals surface area (Å²) in [5, 5.41) is 0. The molecule has 0 radical (unpaired) electrons. The van der Waals surface area contributed by atoms with Crippen molar-refractivity contribution in [2.75, 3.05) is 5.73 Å². The summed E-state index contributed by atoms with van der Waals surface area (Å²) in [6, 6.07) is 9.59. The maximum Gasteiger partial charge on any atom is 0.338 e. The molecule has 2 N–H and O–H groups in total. The van der Waals surface area contributed by atoms with Gasteiger partial charge in [-0.05, 0) is 37.6 Å². The van der Waals surface area contributed by atoms with Gasteiger partial charge in [0.15, 0.2) is 0 Å². The van der Waals surface area contributed by atoms with Crippen LogP contribution in [0.3, 0.4) is 0 Å². The highest BCUT2D eigenvalue weighted by Crippen LogP contribution is 2.14. The Morgan fingerprint density at radius 1 is 1.10 bits per heavy atom. The quantitative estimate of drug-likeness (QED) is 0.689. The number of esters is 1. The molecule has 0 atom stereocenters. The van der Waals surface area contributed by atoms with E-state index < -0.39 is 11.8 Å². The van der Waals surface area contributed by atoms with Gasteiger partial charge in [-0.15, -0.1) is 0 Å². The van der Waals surface area contributed by atoms with E-state index in [-0.39, 0.29) is 17.9 Å². The van der Waals surface area contributed by atoms with Gasteiger partial charge in [0, 0.05) is 5.69 Å². The number of carbonyl (C=O) groups excluding carboxylic acids is 1. The Balaban J connectivity index is 2.08. The number of rotatable bonds is 3. The Morgan fingerprint density at radius 2 is 1.75 bits per heavy atom. The average Bonchev–Trinajstić information content (AvgIpc) is 2.33. The second-order valence-corrected chi connectivity index (χ2v) is 4.85. The van der Waals surface area contributed by atoms with Crippen molar-refractivity contribution in [2.45, 2.75) is 20.5 Å². The first-order chi connectivity index (χ1) is 9.44. The molecule has 2 rings (SSSR count). The summed E-state index contributed by atoms with van der Waals surface area (Å²) in [5.74, 6) is -1.14. The second-order valence-electron chi connectivity index (χ2n) is 4.85. The van der Waals surface area contributed by atoms with Crippen molar-refractivity contribution < 1.29 is 13.9 Å². The molecule has 104 valence electrons. The van der Waals surface area contributed by atoms with E-state index in [0.717, 1.165) is 28.8 Å². The third-order valence-electron chi connectivity index (χ3n) is 2.81. The molecule has 3 nitrogen and oxygen atoms in total. The summed E-state index contributed by atoms with van der Waals surface area (Å²) in [5.41, 5.74) is 8.92. The van der Waals surface area contributed by atoms with Crippen LogP contribution >= 0.6 is 0 Å². The highest BCUT2D eigenvalue weighted by Gasteiger charge is 2.10. The molecule has 4 heteroatoms. The first-order valence-electron chi connectivity index (χ1n) is 6.24. The molecule has 0 unspecified atom stereocenters. The van der Waals surface area contributed by atoms with Crippen molar-refractivity contribution in [1.29, 1.82) is 0 Å². The SMILES string of the molecule is Cc1cc(C)cc(COC(=O)c2cc(N)cc(F)c2)c1. The van der Waals surface area contributed by atoms with Gasteiger partial charge in [0.25, 0.3) is 0 Å². The molecule has 0 saturated heterocycles. The molecule has 0 aliphatic carbocycles. The fourth-order valence-electron chi connectivity index (χ4n) is 2.11. The van der Waals surface area contributed by atoms with Gasteiger partial charge in [0.05, 0.1) is 5.56 Å². The number of halogens is 1. The van der Waals surface area contributed by atoms with Crippen LogP contribution in [0, 0.1) is 19.7 Å². The van der Waals surface area contributed by atoms with Crippen molar-refractivity contribution in [3.05, 3.63) is 64.5 Å². The van der Waals surface area contributed by atoms with Crippen molar-refractivity contribution >= 4 is 11.7 Å². The predicted octanol–water partition coefficient (Wildman–Crippen LogP) is 3.38. The average molecular weight is 273 g/mol. The lowest BCUT2D eigenvalue weighted by molar-refractivity contribution is 0.0472. The largest absolute Gasteiger partial charge is 0.457 e. The summed E-state index contributed by atoms with van der Waals surface area (Å²) in [6.45, 7) is 4.11. The zero-order valence-electron chi connectivity index (χ0n) is 11.4. The fourth-order valence-corrected chi connectivity index (χ4v) is 2.11. The molecule has 0 aliphatic heterocycles. The molecular formula is C16H16FNO2. The first-order valence-corrected chi connectivity index (χ1v) is 6.24. The molecule has 0 aromatic heterocycles. The molecule has 0 bridgehead atoms. The highest BCUT2D eigenvalue weighted by molar-refractivity contribution is 5.90. The number of carbonyl (C=O) groups is 1. The fraction of sp³-hybridized carbons (Fsp3) is 0.188. The number of nitrogens with two attached hydrogens (primary N) is 1. The third kappa shape index (κ3) is 3.57. The molecule has 0 saturated carbocycles. The molecule has 0 fully saturated rings. The molecule has 0 spiro atoms. The number of ether oxygens (including phenoxy) is 1. The van der Waals surface area contributed by atoms with Gasteiger partial charge < -0.3 is 10.5 Å². The van der Waals surface area contributed by atoms with Crippen LogP contribution < -0.4 is 5.73 Å². The number of nitrogen functional groups attached to an aromatic ring is 1. The predicted molar refractivity (Wildman–Crippen MR) is 75.8 cm³/mol. The number of hydrogen-bond acceptors (Lipinski definition) is 3. The Morgan fingerprint density at radius 3 is 2.35 bits per heavy atom. The Hall–Kier alpha value is -2.36. The van der Waals surface area contributed by atoms with Crippen LogP contribution in [0.15, 0.2) is 36.4 Å². The maximum absolute atomic E-state index is 13.2. The molecule has 20 heavy (non-hydrogen) atoms. The summed E-state index contributed by atoms with van der Waals surface area (Å²) >= 11 is 0. The van der Waals surface area contributed by atoms with Crippen molar-refractivity contribution in [1.82, 2.24) is 0 Å². The van der Waals surface area contributed by atoms with Gasteiger partial charge in [-0.25, -0.2) is 9.18 Å². The lowest BCUT2D eigenvalue weighted by Gasteiger charge is -2.07. The van der Waals surface area contributed by atoms with Crippen molar-refractivity contribution in [3.8, 4) is 0 Å². The van der Waals surface area contributed by atoms with Crippen LogP contribution in [-0.2, 0) is 11.3 Å². The van der Waals surface area contributed by atoms with Crippen molar-refractivity contribution in [2.24, 2.45) is 0 Å². The zero-order chi connectivity index (χ0) is 14.7. The summed E-state index contributed by atoms with van der Waals surface area (Å²) in [6.07, 6.45) is 0. The highest BCUT2D eigenvalue weighted by atomic mass is 19.1. The van der Waals surface area contributed by atoms with E-state index in [1.807, 2.05) is 32.0 Å². The van der Waals surface area contributed by atoms with Crippen LogP contribution in [-0.4, -0.2) is 5.97 Å². The van der Waals surface area contributed by atoms with Gasteiger partial charge in [-0.3, -0.25) is 0 Å². The van der Waals surface area contributed by atoms with Gasteiger partial charge in [0.2, 0.25) is 0 Å². The van der Waals surface area contributed by atoms with Crippen LogP contribution in [0.2, 0.25) is 0 Å². The normalized spacial score (nSPS) is 10.3. The minimum Gasteiger partial charge on any atom is -0.457 e. The van der Waals surface area contributed by atoms with Crippen LogP contribution in [0.4, 0.5) is 10.1 Å². The first kappa shape index (κ1) is 14.1. The standard InChI is InChI=1S/C16H16FNO2/c1-10-3-11(2)5-12(4-10)9-20-16(19)13-6-14(17)8-15(18)7-13/h3-8H,9,18H2,1-2H3. The summed E-state index contributed by atoms with van der Waals surface area (Å²) < 4.78 is 18.3. The van der Waals surface area contributed by atoms with E-state index in [0.29, 0.717) is 0 Å². The van der Waals surface area contributed by atoms with Gasteiger partial charge in [-0.2, -0.15) is 0 Å². The van der Waals surface area contributed by atoms with E-state index >= 15 is 0 Å². The van der Waals surface area contributed by atoms with E-state index in [2.05, 4.69) is 0 Å². The summed E-state index contributed by atoms with van der Waals surface area (Å²) in [7, 11) is 0. The van der Waals surface area contributed by atoms with E-state index in [4.69, 9.17) is 10.5 Å².